The number of rotatable bonds is 9. The SMILES string of the molecule is CC(C)C(CC(=O)NCC(Cc1ccc2c(c1)CC(=O)N2)N(C)C)c1ccccc1. The number of hydrogen-bond acceptors (Lipinski definition) is 3. The van der Waals surface area contributed by atoms with E-state index < -0.39 is 0 Å². The van der Waals surface area contributed by atoms with Crippen molar-refractivity contribution in [1.29, 1.82) is 0 Å². The van der Waals surface area contributed by atoms with E-state index in [0.717, 1.165) is 17.7 Å². The van der Waals surface area contributed by atoms with Gasteiger partial charge >= 0.3 is 0 Å². The van der Waals surface area contributed by atoms with Crippen LogP contribution >= 0.6 is 0 Å². The number of fused-ring (bicyclic) bond motifs is 1. The Morgan fingerprint density at radius 3 is 2.53 bits per heavy atom. The van der Waals surface area contributed by atoms with Crippen molar-refractivity contribution in [2.75, 3.05) is 26.0 Å². The Morgan fingerprint density at radius 2 is 1.87 bits per heavy atom. The molecule has 2 unspecified atom stereocenters. The molecule has 2 aromatic carbocycles. The number of carbonyl (C=O) groups is 2. The highest BCUT2D eigenvalue weighted by atomic mass is 16.2. The Morgan fingerprint density at radius 1 is 1.13 bits per heavy atom. The predicted octanol–water partition coefficient (Wildman–Crippen LogP) is 3.60. The first kappa shape index (κ1) is 22.0. The number of benzene rings is 2. The van der Waals surface area contributed by atoms with E-state index in [2.05, 4.69) is 53.6 Å². The first-order valence-corrected chi connectivity index (χ1v) is 10.7. The van der Waals surface area contributed by atoms with E-state index in [1.54, 1.807) is 0 Å². The lowest BCUT2D eigenvalue weighted by Crippen LogP contribution is -2.42. The molecule has 2 N–H and O–H groups in total. The second-order valence-corrected chi connectivity index (χ2v) is 8.81. The Balaban J connectivity index is 1.58. The highest BCUT2D eigenvalue weighted by molar-refractivity contribution is 5.99. The van der Waals surface area contributed by atoms with Gasteiger partial charge in [-0.3, -0.25) is 9.59 Å². The standard InChI is InChI=1S/C25H33N3O2/c1-17(2)22(19-8-6-5-7-9-19)15-24(29)26-16-21(28(3)4)13-18-10-11-23-20(12-18)14-25(30)27-23/h5-12,17,21-22H,13-16H2,1-4H3,(H,26,29)(H,27,30). The third-order valence-electron chi connectivity index (χ3n) is 5.97. The molecular weight excluding hydrogens is 374 g/mol. The normalized spacial score (nSPS) is 15.1. The van der Waals surface area contributed by atoms with Crippen LogP contribution in [0.2, 0.25) is 0 Å². The second kappa shape index (κ2) is 9.90. The summed E-state index contributed by atoms with van der Waals surface area (Å²) in [6, 6.07) is 16.6. The zero-order valence-electron chi connectivity index (χ0n) is 18.4. The molecule has 0 spiro atoms. The van der Waals surface area contributed by atoms with E-state index in [-0.39, 0.29) is 23.8 Å². The smallest absolute Gasteiger partial charge is 0.228 e. The third-order valence-corrected chi connectivity index (χ3v) is 5.97. The fraction of sp³-hybridized carbons (Fsp3) is 0.440. The molecule has 3 rings (SSSR count). The molecule has 2 amide bonds. The van der Waals surface area contributed by atoms with Crippen molar-refractivity contribution in [3.8, 4) is 0 Å². The summed E-state index contributed by atoms with van der Waals surface area (Å²) < 4.78 is 0. The van der Waals surface area contributed by atoms with E-state index in [9.17, 15) is 9.59 Å². The molecule has 1 aliphatic heterocycles. The summed E-state index contributed by atoms with van der Waals surface area (Å²) in [4.78, 5) is 26.5. The van der Waals surface area contributed by atoms with Crippen molar-refractivity contribution in [2.24, 2.45) is 5.92 Å². The van der Waals surface area contributed by atoms with Gasteiger partial charge in [-0.15, -0.1) is 0 Å². The zero-order valence-corrected chi connectivity index (χ0v) is 18.4. The molecular formula is C25H33N3O2. The number of nitrogens with zero attached hydrogens (tertiary/aromatic N) is 1. The molecule has 5 nitrogen and oxygen atoms in total. The summed E-state index contributed by atoms with van der Waals surface area (Å²) in [7, 11) is 4.08. The first-order chi connectivity index (χ1) is 14.3. The van der Waals surface area contributed by atoms with Gasteiger partial charge in [0.2, 0.25) is 11.8 Å². The maximum atomic E-state index is 12.7. The Kier molecular flexibility index (Phi) is 7.27. The van der Waals surface area contributed by atoms with E-state index in [1.165, 1.54) is 11.1 Å². The van der Waals surface area contributed by atoms with Crippen molar-refractivity contribution in [2.45, 2.75) is 45.1 Å². The minimum Gasteiger partial charge on any atom is -0.355 e. The molecule has 1 heterocycles. The molecule has 2 aromatic rings. The summed E-state index contributed by atoms with van der Waals surface area (Å²) in [5.41, 5.74) is 4.37. The van der Waals surface area contributed by atoms with Gasteiger partial charge in [0, 0.05) is 24.7 Å². The predicted molar refractivity (Wildman–Crippen MR) is 122 cm³/mol. The third kappa shape index (κ3) is 5.70. The lowest BCUT2D eigenvalue weighted by atomic mass is 9.85. The quantitative estimate of drug-likeness (QED) is 0.668. The van der Waals surface area contributed by atoms with Crippen molar-refractivity contribution in [3.05, 3.63) is 65.2 Å². The minimum absolute atomic E-state index is 0.0525. The second-order valence-electron chi connectivity index (χ2n) is 8.81. The number of amides is 2. The van der Waals surface area contributed by atoms with Gasteiger partial charge in [0.1, 0.15) is 0 Å². The van der Waals surface area contributed by atoms with Gasteiger partial charge in [-0.25, -0.2) is 0 Å². The Labute approximate surface area is 179 Å². The van der Waals surface area contributed by atoms with Gasteiger partial charge in [-0.1, -0.05) is 56.3 Å². The van der Waals surface area contributed by atoms with E-state index in [1.807, 2.05) is 38.4 Å². The molecule has 0 radical (unpaired) electrons. The van der Waals surface area contributed by atoms with Crippen molar-refractivity contribution in [3.63, 3.8) is 0 Å². The van der Waals surface area contributed by atoms with Gasteiger partial charge in [0.15, 0.2) is 0 Å². The minimum atomic E-state index is 0.0525. The van der Waals surface area contributed by atoms with E-state index >= 15 is 0 Å². The highest BCUT2D eigenvalue weighted by Crippen LogP contribution is 2.28. The number of anilines is 1. The average molecular weight is 408 g/mol. The lowest BCUT2D eigenvalue weighted by molar-refractivity contribution is -0.122. The molecule has 0 aromatic heterocycles. The Hall–Kier alpha value is -2.66. The molecule has 160 valence electrons. The van der Waals surface area contributed by atoms with Crippen LogP contribution in [0.5, 0.6) is 0 Å². The number of hydrogen-bond donors (Lipinski definition) is 2. The van der Waals surface area contributed by atoms with Crippen LogP contribution in [-0.4, -0.2) is 43.4 Å². The molecule has 0 saturated carbocycles. The number of nitrogens with one attached hydrogen (secondary N) is 2. The van der Waals surface area contributed by atoms with Crippen molar-refractivity contribution >= 4 is 17.5 Å². The van der Waals surface area contributed by atoms with Crippen LogP contribution in [0.3, 0.4) is 0 Å². The molecule has 0 fully saturated rings. The van der Waals surface area contributed by atoms with Crippen LogP contribution in [0.1, 0.15) is 42.9 Å². The molecule has 0 saturated heterocycles. The topological polar surface area (TPSA) is 61.4 Å². The van der Waals surface area contributed by atoms with Crippen molar-refractivity contribution in [1.82, 2.24) is 10.2 Å². The summed E-state index contributed by atoms with van der Waals surface area (Å²) in [6.07, 6.45) is 1.76. The largest absolute Gasteiger partial charge is 0.355 e. The molecule has 1 aliphatic rings. The monoisotopic (exact) mass is 407 g/mol. The summed E-state index contributed by atoms with van der Waals surface area (Å²) >= 11 is 0. The Bertz CT molecular complexity index is 877. The first-order valence-electron chi connectivity index (χ1n) is 10.7. The summed E-state index contributed by atoms with van der Waals surface area (Å²) in [5.74, 6) is 0.751. The van der Waals surface area contributed by atoms with E-state index in [4.69, 9.17) is 0 Å². The van der Waals surface area contributed by atoms with Crippen LogP contribution in [-0.2, 0) is 22.4 Å². The molecule has 2 atom stereocenters. The molecule has 0 bridgehead atoms. The van der Waals surface area contributed by atoms with Crippen LogP contribution < -0.4 is 10.6 Å². The van der Waals surface area contributed by atoms with Crippen molar-refractivity contribution < 1.29 is 9.59 Å². The lowest BCUT2D eigenvalue weighted by Gasteiger charge is -2.26. The van der Waals surface area contributed by atoms with Gasteiger partial charge in [0.05, 0.1) is 6.42 Å². The van der Waals surface area contributed by atoms with Gasteiger partial charge in [0.25, 0.3) is 0 Å². The maximum absolute atomic E-state index is 12.7. The van der Waals surface area contributed by atoms with Crippen LogP contribution in [0.15, 0.2) is 48.5 Å². The molecule has 0 aliphatic carbocycles. The number of likely N-dealkylation sites (N-methyl/N-ethyl adjacent to an activating group) is 1. The number of carbonyl (C=O) groups excluding carboxylic acids is 2. The van der Waals surface area contributed by atoms with Crippen LogP contribution in [0.25, 0.3) is 0 Å². The zero-order chi connectivity index (χ0) is 21.7. The molecule has 30 heavy (non-hydrogen) atoms. The van der Waals surface area contributed by atoms with E-state index in [0.29, 0.717) is 25.3 Å². The van der Waals surface area contributed by atoms with Crippen LogP contribution in [0, 0.1) is 5.92 Å². The summed E-state index contributed by atoms with van der Waals surface area (Å²) in [6.45, 7) is 4.93. The van der Waals surface area contributed by atoms with Gasteiger partial charge in [-0.2, -0.15) is 0 Å². The van der Waals surface area contributed by atoms with Gasteiger partial charge in [-0.05, 0) is 55.1 Å². The fourth-order valence-corrected chi connectivity index (χ4v) is 4.06. The average Bonchev–Trinajstić information content (AvgIpc) is 3.08. The van der Waals surface area contributed by atoms with Crippen LogP contribution in [0.4, 0.5) is 5.69 Å². The highest BCUT2D eigenvalue weighted by Gasteiger charge is 2.22. The fourth-order valence-electron chi connectivity index (χ4n) is 4.06. The van der Waals surface area contributed by atoms with Gasteiger partial charge < -0.3 is 15.5 Å². The molecule has 5 heteroatoms. The summed E-state index contributed by atoms with van der Waals surface area (Å²) in [5, 5.41) is 6.03. The maximum Gasteiger partial charge on any atom is 0.228 e.